The molecule has 0 unspecified atom stereocenters. The minimum Gasteiger partial charge on any atom is -0.359 e. The van der Waals surface area contributed by atoms with Crippen LogP contribution in [0.25, 0.3) is 16.6 Å². The normalized spacial score (nSPS) is 10.9. The Bertz CT molecular complexity index is 730. The van der Waals surface area contributed by atoms with Gasteiger partial charge >= 0.3 is 0 Å². The van der Waals surface area contributed by atoms with Crippen LogP contribution in [0.2, 0.25) is 0 Å². The van der Waals surface area contributed by atoms with Crippen LogP contribution in [0.1, 0.15) is 5.69 Å². The summed E-state index contributed by atoms with van der Waals surface area (Å²) in [5, 5.41) is 3.78. The molecule has 1 amide bonds. The Morgan fingerprint density at radius 2 is 2.11 bits per heavy atom. The van der Waals surface area contributed by atoms with E-state index in [0.717, 1.165) is 22.2 Å². The van der Waals surface area contributed by atoms with Crippen LogP contribution in [-0.4, -0.2) is 22.3 Å². The molecule has 2 heterocycles. The van der Waals surface area contributed by atoms with Crippen molar-refractivity contribution in [3.63, 3.8) is 0 Å². The van der Waals surface area contributed by atoms with E-state index in [-0.39, 0.29) is 5.91 Å². The van der Waals surface area contributed by atoms with E-state index in [1.54, 1.807) is 13.2 Å². The topological polar surface area (TPSA) is 46.4 Å². The molecule has 0 saturated carbocycles. The van der Waals surface area contributed by atoms with Gasteiger partial charge in [-0.15, -0.1) is 0 Å². The van der Waals surface area contributed by atoms with Gasteiger partial charge in [-0.1, -0.05) is 18.2 Å². The highest BCUT2D eigenvalue weighted by atomic mass is 16.1. The maximum absolute atomic E-state index is 11.5. The summed E-state index contributed by atoms with van der Waals surface area (Å²) >= 11 is 0. The third kappa shape index (κ3) is 1.62. The molecule has 0 saturated heterocycles. The number of nitrogens with zero attached hydrogens (tertiary/aromatic N) is 2. The summed E-state index contributed by atoms with van der Waals surface area (Å²) in [5.41, 5.74) is 2.85. The number of benzene rings is 1. The zero-order valence-corrected chi connectivity index (χ0v) is 10.1. The Balaban J connectivity index is 2.27. The Morgan fingerprint density at radius 1 is 1.28 bits per heavy atom. The first-order chi connectivity index (χ1) is 8.79. The number of hydrogen-bond donors (Lipinski definition) is 1. The molecule has 4 heteroatoms. The molecular weight excluding hydrogens is 226 g/mol. The van der Waals surface area contributed by atoms with Gasteiger partial charge in [-0.05, 0) is 23.6 Å². The molecule has 3 aromatic rings. The summed E-state index contributed by atoms with van der Waals surface area (Å²) in [6, 6.07) is 12.1. The molecule has 4 nitrogen and oxygen atoms in total. The SMILES string of the molecule is CNC(=O)Cc1cnc2ccc3ccccc3n12. The Labute approximate surface area is 104 Å². The standard InChI is InChI=1S/C14H13N3O/c1-15-14(18)8-11-9-16-13-7-6-10-4-2-3-5-12(10)17(11)13/h2-7,9H,8H2,1H3,(H,15,18). The Kier molecular flexibility index (Phi) is 2.48. The lowest BCUT2D eigenvalue weighted by Crippen LogP contribution is -2.20. The van der Waals surface area contributed by atoms with Crippen LogP contribution in [-0.2, 0) is 11.2 Å². The molecule has 0 spiro atoms. The summed E-state index contributed by atoms with van der Waals surface area (Å²) in [5.74, 6) is -0.00951. The Morgan fingerprint density at radius 3 is 2.94 bits per heavy atom. The number of likely N-dealkylation sites (N-methyl/N-ethyl adjacent to an activating group) is 1. The molecule has 2 aromatic heterocycles. The zero-order valence-electron chi connectivity index (χ0n) is 10.1. The van der Waals surface area contributed by atoms with Gasteiger partial charge in [0.25, 0.3) is 0 Å². The maximum atomic E-state index is 11.5. The third-order valence-electron chi connectivity index (χ3n) is 3.07. The number of imidazole rings is 1. The van der Waals surface area contributed by atoms with Gasteiger partial charge in [0.1, 0.15) is 5.65 Å². The highest BCUT2D eigenvalue weighted by Crippen LogP contribution is 2.18. The van der Waals surface area contributed by atoms with Gasteiger partial charge in [-0.2, -0.15) is 0 Å². The lowest BCUT2D eigenvalue weighted by Gasteiger charge is -2.05. The molecule has 0 fully saturated rings. The van der Waals surface area contributed by atoms with E-state index in [1.165, 1.54) is 0 Å². The van der Waals surface area contributed by atoms with Crippen LogP contribution >= 0.6 is 0 Å². The minimum atomic E-state index is -0.00951. The predicted molar refractivity (Wildman–Crippen MR) is 70.5 cm³/mol. The average molecular weight is 239 g/mol. The van der Waals surface area contributed by atoms with Crippen LogP contribution in [0.3, 0.4) is 0 Å². The van der Waals surface area contributed by atoms with Crippen molar-refractivity contribution in [1.82, 2.24) is 14.7 Å². The molecule has 0 radical (unpaired) electrons. The van der Waals surface area contributed by atoms with Crippen LogP contribution < -0.4 is 5.32 Å². The van der Waals surface area contributed by atoms with Crippen molar-refractivity contribution < 1.29 is 4.79 Å². The molecule has 0 aliphatic heterocycles. The van der Waals surface area contributed by atoms with E-state index >= 15 is 0 Å². The number of fused-ring (bicyclic) bond motifs is 3. The quantitative estimate of drug-likeness (QED) is 0.741. The van der Waals surface area contributed by atoms with E-state index in [2.05, 4.69) is 16.4 Å². The van der Waals surface area contributed by atoms with Crippen molar-refractivity contribution >= 4 is 22.5 Å². The Hall–Kier alpha value is -2.36. The molecule has 0 bridgehead atoms. The third-order valence-corrected chi connectivity index (χ3v) is 3.07. The maximum Gasteiger partial charge on any atom is 0.225 e. The summed E-state index contributed by atoms with van der Waals surface area (Å²) in [4.78, 5) is 15.8. The van der Waals surface area contributed by atoms with Gasteiger partial charge in [-0.3, -0.25) is 9.20 Å². The second-order valence-corrected chi connectivity index (χ2v) is 4.19. The number of aromatic nitrogens is 2. The van der Waals surface area contributed by atoms with Crippen LogP contribution in [0, 0.1) is 0 Å². The van der Waals surface area contributed by atoms with E-state index in [9.17, 15) is 4.79 Å². The van der Waals surface area contributed by atoms with E-state index < -0.39 is 0 Å². The van der Waals surface area contributed by atoms with Crippen molar-refractivity contribution in [3.8, 4) is 0 Å². The fourth-order valence-electron chi connectivity index (χ4n) is 2.17. The average Bonchev–Trinajstić information content (AvgIpc) is 2.82. The van der Waals surface area contributed by atoms with Gasteiger partial charge in [0.2, 0.25) is 5.91 Å². The van der Waals surface area contributed by atoms with Gasteiger partial charge in [0.15, 0.2) is 0 Å². The number of carbonyl (C=O) groups is 1. The molecule has 90 valence electrons. The van der Waals surface area contributed by atoms with Crippen molar-refractivity contribution in [2.75, 3.05) is 7.05 Å². The molecule has 1 N–H and O–H groups in total. The molecule has 3 rings (SSSR count). The van der Waals surface area contributed by atoms with Gasteiger partial charge < -0.3 is 5.32 Å². The van der Waals surface area contributed by atoms with Crippen LogP contribution in [0.5, 0.6) is 0 Å². The fourth-order valence-corrected chi connectivity index (χ4v) is 2.17. The number of rotatable bonds is 2. The lowest BCUT2D eigenvalue weighted by molar-refractivity contribution is -0.120. The van der Waals surface area contributed by atoms with Crippen LogP contribution in [0.4, 0.5) is 0 Å². The summed E-state index contributed by atoms with van der Waals surface area (Å²) in [7, 11) is 1.64. The number of nitrogens with one attached hydrogen (secondary N) is 1. The molecular formula is C14H13N3O. The first-order valence-corrected chi connectivity index (χ1v) is 5.84. The van der Waals surface area contributed by atoms with Crippen LogP contribution in [0.15, 0.2) is 42.6 Å². The number of amides is 1. The largest absolute Gasteiger partial charge is 0.359 e. The van der Waals surface area contributed by atoms with E-state index in [1.807, 2.05) is 34.7 Å². The number of pyridine rings is 1. The first kappa shape index (κ1) is 10.8. The van der Waals surface area contributed by atoms with Crippen molar-refractivity contribution in [2.24, 2.45) is 0 Å². The predicted octanol–water partition coefficient (Wildman–Crippen LogP) is 1.78. The summed E-state index contributed by atoms with van der Waals surface area (Å²) in [6.45, 7) is 0. The summed E-state index contributed by atoms with van der Waals surface area (Å²) < 4.78 is 2.03. The fraction of sp³-hybridized carbons (Fsp3) is 0.143. The van der Waals surface area contributed by atoms with Gasteiger partial charge in [-0.25, -0.2) is 4.98 Å². The van der Waals surface area contributed by atoms with Crippen molar-refractivity contribution in [2.45, 2.75) is 6.42 Å². The second-order valence-electron chi connectivity index (χ2n) is 4.19. The first-order valence-electron chi connectivity index (χ1n) is 5.84. The van der Waals surface area contributed by atoms with Gasteiger partial charge in [0, 0.05) is 13.2 Å². The second kappa shape index (κ2) is 4.14. The minimum absolute atomic E-state index is 0.00951. The zero-order chi connectivity index (χ0) is 12.5. The molecule has 0 aliphatic rings. The number of carbonyl (C=O) groups excluding carboxylic acids is 1. The monoisotopic (exact) mass is 239 g/mol. The summed E-state index contributed by atoms with van der Waals surface area (Å²) in [6.07, 6.45) is 2.10. The van der Waals surface area contributed by atoms with Crippen molar-refractivity contribution in [1.29, 1.82) is 0 Å². The number of hydrogen-bond acceptors (Lipinski definition) is 2. The smallest absolute Gasteiger partial charge is 0.225 e. The number of para-hydroxylation sites is 1. The van der Waals surface area contributed by atoms with E-state index in [0.29, 0.717) is 6.42 Å². The molecule has 0 aliphatic carbocycles. The lowest BCUT2D eigenvalue weighted by atomic mass is 10.2. The van der Waals surface area contributed by atoms with Crippen molar-refractivity contribution in [3.05, 3.63) is 48.3 Å². The molecule has 1 aromatic carbocycles. The van der Waals surface area contributed by atoms with Gasteiger partial charge in [0.05, 0.1) is 17.6 Å². The molecule has 18 heavy (non-hydrogen) atoms. The highest BCUT2D eigenvalue weighted by Gasteiger charge is 2.09. The highest BCUT2D eigenvalue weighted by molar-refractivity contribution is 5.83. The molecule has 0 atom stereocenters. The van der Waals surface area contributed by atoms with E-state index in [4.69, 9.17) is 0 Å².